The van der Waals surface area contributed by atoms with Crippen molar-refractivity contribution in [1.82, 2.24) is 10.6 Å². The summed E-state index contributed by atoms with van der Waals surface area (Å²) in [5.74, 6) is -0.497. The smallest absolute Gasteiger partial charge is 0.145 e. The number of methoxy groups -OCH3 is 1. The summed E-state index contributed by atoms with van der Waals surface area (Å²) in [6.45, 7) is 9.27. The van der Waals surface area contributed by atoms with Crippen molar-refractivity contribution >= 4 is 6.29 Å². The minimum absolute atomic E-state index is 0.0418. The molecule has 3 saturated carbocycles. The highest BCUT2D eigenvalue weighted by Gasteiger charge is 2.68. The highest BCUT2D eigenvalue weighted by atomic mass is 16.5. The molecule has 4 aliphatic carbocycles. The number of hydrogen-bond acceptors (Lipinski definition) is 9. The number of carbonyl (C=O) groups is 1. The van der Waals surface area contributed by atoms with Crippen molar-refractivity contribution in [3.8, 4) is 0 Å². The first kappa shape index (κ1) is 46.5. The molecule has 330 valence electrons. The number of rotatable bonds is 15. The number of fused-ring (bicyclic) bond motifs is 5. The Balaban J connectivity index is 1.27. The van der Waals surface area contributed by atoms with Gasteiger partial charge in [0.05, 0.1) is 18.3 Å². The molecule has 1 aliphatic heterocycles. The van der Waals surface area contributed by atoms with E-state index in [1.54, 1.807) is 7.11 Å². The van der Waals surface area contributed by atoms with E-state index >= 15 is 0 Å². The Morgan fingerprint density at radius 3 is 2.57 bits per heavy atom. The summed E-state index contributed by atoms with van der Waals surface area (Å²) >= 11 is 0. The summed E-state index contributed by atoms with van der Waals surface area (Å²) in [7, 11) is 3.61. The Morgan fingerprint density at radius 1 is 1.10 bits per heavy atom. The van der Waals surface area contributed by atoms with Crippen molar-refractivity contribution in [1.29, 1.82) is 0 Å². The van der Waals surface area contributed by atoms with Crippen LogP contribution in [-0.2, 0) is 22.4 Å². The third-order valence-corrected chi connectivity index (χ3v) is 15.7. The van der Waals surface area contributed by atoms with E-state index in [2.05, 4.69) is 59.7 Å². The average Bonchev–Trinajstić information content (AvgIpc) is 3.91. The zero-order chi connectivity index (χ0) is 43.1. The van der Waals surface area contributed by atoms with Crippen LogP contribution in [0.1, 0.15) is 95.6 Å². The highest BCUT2D eigenvalue weighted by Crippen LogP contribution is 2.67. The van der Waals surface area contributed by atoms with E-state index in [0.29, 0.717) is 68.7 Å². The minimum Gasteiger partial charge on any atom is -0.396 e. The van der Waals surface area contributed by atoms with Crippen LogP contribution in [0.25, 0.3) is 0 Å². The van der Waals surface area contributed by atoms with Gasteiger partial charge in [0.15, 0.2) is 0 Å². The second-order valence-electron chi connectivity index (χ2n) is 19.0. The third kappa shape index (κ3) is 9.35. The monoisotopic (exact) mass is 827 g/mol. The third-order valence-electron chi connectivity index (χ3n) is 15.7. The minimum atomic E-state index is -1.24. The van der Waals surface area contributed by atoms with Crippen LogP contribution < -0.4 is 10.6 Å². The molecule has 1 spiro atoms. The zero-order valence-corrected chi connectivity index (χ0v) is 36.8. The first-order chi connectivity index (χ1) is 28.9. The van der Waals surface area contributed by atoms with Crippen LogP contribution in [0.2, 0.25) is 0 Å². The lowest BCUT2D eigenvalue weighted by Gasteiger charge is -2.61. The predicted octanol–water partition coefficient (Wildman–Crippen LogP) is 6.46. The fourth-order valence-corrected chi connectivity index (χ4v) is 12.5. The Hall–Kier alpha value is -2.99. The van der Waals surface area contributed by atoms with Crippen molar-refractivity contribution < 1.29 is 35.1 Å². The van der Waals surface area contributed by atoms with E-state index in [-0.39, 0.29) is 42.4 Å². The van der Waals surface area contributed by atoms with Crippen molar-refractivity contribution in [2.24, 2.45) is 40.9 Å². The van der Waals surface area contributed by atoms with Crippen molar-refractivity contribution in [3.05, 3.63) is 106 Å². The van der Waals surface area contributed by atoms with Crippen LogP contribution in [0, 0.1) is 40.9 Å². The molecule has 0 saturated heterocycles. The fraction of sp³-hybridized carbons (Fsp3) is 0.627. The lowest BCUT2D eigenvalue weighted by Crippen LogP contribution is -2.65. The molecule has 60 heavy (non-hydrogen) atoms. The molecule has 0 radical (unpaired) electrons. The molecule has 10 atom stereocenters. The number of benzene rings is 1. The molecule has 1 aromatic rings. The zero-order valence-electron chi connectivity index (χ0n) is 36.8. The number of nitrogens with one attached hydrogen (secondary N) is 2. The molecule has 6 rings (SSSR count). The SMILES string of the molecule is C=C(/C=C/C=C(/CO)[C@@H]1CC[C@]2([C@@H]1O)[C@@H]1C(=C(C)C=O)[C@@H](C=C[C@H]1CCO)C[C@]2(O)CCNC)[C@H]1C/C=C(\C)[C@@H](O)N[C@](CCOC)(C2CCCC2)Cc2cccc(c2)C1. The largest absolute Gasteiger partial charge is 0.396 e. The maximum absolute atomic E-state index is 12.8. The van der Waals surface area contributed by atoms with Gasteiger partial charge in [0.25, 0.3) is 0 Å². The van der Waals surface area contributed by atoms with Crippen molar-refractivity contribution in [2.75, 3.05) is 40.5 Å². The van der Waals surface area contributed by atoms with Crippen LogP contribution in [0.15, 0.2) is 95.2 Å². The lowest BCUT2D eigenvalue weighted by atomic mass is 9.45. The maximum Gasteiger partial charge on any atom is 0.145 e. The Kier molecular flexibility index (Phi) is 15.9. The molecule has 1 heterocycles. The van der Waals surface area contributed by atoms with Gasteiger partial charge in [0.1, 0.15) is 12.5 Å². The standard InChI is InChI=1S/C51H74N2O7/c1-34(40-17-16-35(2)48(58)53-49(24-27-60-5,43-14-6-7-15-43)30-38-12-9-11-37(28-38)29-40)10-8-13-42(33-56)44-20-22-51(47(44)57)46-39(21-26-54)18-19-41(45(46)36(3)32-55)31-50(51,59)23-25-52-4/h8-13,16,18-19,28,32,39-41,43-44,46-48,52-54,56-59H,1,6-7,14-15,17,20-27,29-31,33H2,2-5H3/b10-8+,35-16+,42-13-,45-36?/t39-,40-,41-,44-,46-,47+,48+,49-,50+,51+/m0/s1. The van der Waals surface area contributed by atoms with Gasteiger partial charge >= 0.3 is 0 Å². The summed E-state index contributed by atoms with van der Waals surface area (Å²) in [5.41, 5.74) is 4.13. The summed E-state index contributed by atoms with van der Waals surface area (Å²) in [4.78, 5) is 12.4. The molecule has 7 N–H and O–H groups in total. The van der Waals surface area contributed by atoms with Gasteiger partial charge in [0.2, 0.25) is 0 Å². The maximum atomic E-state index is 12.8. The van der Waals surface area contributed by atoms with Gasteiger partial charge < -0.3 is 35.6 Å². The van der Waals surface area contributed by atoms with E-state index < -0.39 is 29.3 Å². The van der Waals surface area contributed by atoms with Gasteiger partial charge in [-0.3, -0.25) is 10.1 Å². The molecule has 0 aromatic heterocycles. The number of aliphatic hydroxyl groups excluding tert-OH is 4. The van der Waals surface area contributed by atoms with Crippen molar-refractivity contribution in [3.63, 3.8) is 0 Å². The molecular formula is C51H74N2O7. The van der Waals surface area contributed by atoms with Crippen LogP contribution in [0.3, 0.4) is 0 Å². The Labute approximate surface area is 359 Å². The molecule has 5 aliphatic rings. The Bertz CT molecular complexity index is 1810. The number of carbonyl (C=O) groups excluding carboxylic acids is 1. The van der Waals surface area contributed by atoms with Crippen LogP contribution in [-0.4, -0.2) is 95.8 Å². The lowest BCUT2D eigenvalue weighted by molar-refractivity contribution is -0.194. The molecule has 4 bridgehead atoms. The van der Waals surface area contributed by atoms with Gasteiger partial charge in [-0.2, -0.15) is 0 Å². The van der Waals surface area contributed by atoms with Crippen LogP contribution in [0.4, 0.5) is 0 Å². The molecule has 1 aromatic carbocycles. The average molecular weight is 827 g/mol. The summed E-state index contributed by atoms with van der Waals surface area (Å²) < 4.78 is 5.62. The van der Waals surface area contributed by atoms with Gasteiger partial charge in [-0.25, -0.2) is 0 Å². The van der Waals surface area contributed by atoms with Gasteiger partial charge in [-0.1, -0.05) is 91.3 Å². The summed E-state index contributed by atoms with van der Waals surface area (Å²) in [5, 5.41) is 65.2. The summed E-state index contributed by atoms with van der Waals surface area (Å²) in [6.07, 6.45) is 21.6. The highest BCUT2D eigenvalue weighted by molar-refractivity contribution is 5.74. The van der Waals surface area contributed by atoms with E-state index in [0.717, 1.165) is 55.1 Å². The van der Waals surface area contributed by atoms with Crippen LogP contribution >= 0.6 is 0 Å². The number of aliphatic hydroxyl groups is 5. The predicted molar refractivity (Wildman–Crippen MR) is 239 cm³/mol. The molecule has 3 fully saturated rings. The van der Waals surface area contributed by atoms with Crippen LogP contribution in [0.5, 0.6) is 0 Å². The van der Waals surface area contributed by atoms with Crippen molar-refractivity contribution in [2.45, 2.75) is 121 Å². The summed E-state index contributed by atoms with van der Waals surface area (Å²) in [6, 6.07) is 8.88. The second kappa shape index (κ2) is 20.5. The first-order valence-electron chi connectivity index (χ1n) is 22.8. The van der Waals surface area contributed by atoms with E-state index in [9.17, 15) is 30.3 Å². The van der Waals surface area contributed by atoms with Gasteiger partial charge in [0, 0.05) is 43.1 Å². The van der Waals surface area contributed by atoms with E-state index in [1.165, 1.54) is 24.0 Å². The normalized spacial score (nSPS) is 36.9. The molecule has 0 unspecified atom stereocenters. The number of aldehydes is 1. The molecule has 0 amide bonds. The van der Waals surface area contributed by atoms with E-state index in [1.807, 2.05) is 39.1 Å². The fourth-order valence-electron chi connectivity index (χ4n) is 12.5. The van der Waals surface area contributed by atoms with Gasteiger partial charge in [-0.15, -0.1) is 0 Å². The number of hydrogen-bond donors (Lipinski definition) is 7. The molecular weight excluding hydrogens is 753 g/mol. The second-order valence-corrected chi connectivity index (χ2v) is 19.0. The molecule has 9 heteroatoms. The molecule has 9 nitrogen and oxygen atoms in total. The van der Waals surface area contributed by atoms with E-state index in [4.69, 9.17) is 4.74 Å². The van der Waals surface area contributed by atoms with Gasteiger partial charge in [-0.05, 0) is 150 Å². The first-order valence-corrected chi connectivity index (χ1v) is 22.8. The topological polar surface area (TPSA) is 152 Å². The number of ether oxygens (including phenoxy) is 1. The number of allylic oxidation sites excluding steroid dienone is 9. The Morgan fingerprint density at radius 2 is 1.87 bits per heavy atom. The quantitative estimate of drug-likeness (QED) is 0.0458.